The molecule has 86 valence electrons. The summed E-state index contributed by atoms with van der Waals surface area (Å²) in [5.41, 5.74) is 0. The van der Waals surface area contributed by atoms with Crippen molar-refractivity contribution in [3.63, 3.8) is 0 Å². The molecule has 1 fully saturated rings. The standard InChI is InChI=1S/C12H15NO2S/c14-7-1-2-11-3-4-12(16-11)9-13-6-5-10(15)8-13/h3-4,10,14-15H,5-9H2. The molecular weight excluding hydrogens is 222 g/mol. The number of aliphatic hydroxyl groups is 2. The lowest BCUT2D eigenvalue weighted by Crippen LogP contribution is -2.20. The summed E-state index contributed by atoms with van der Waals surface area (Å²) in [6.45, 7) is 2.54. The summed E-state index contributed by atoms with van der Waals surface area (Å²) in [7, 11) is 0. The highest BCUT2D eigenvalue weighted by Crippen LogP contribution is 2.20. The maximum atomic E-state index is 9.41. The van der Waals surface area contributed by atoms with Gasteiger partial charge in [-0.1, -0.05) is 11.8 Å². The molecule has 0 aromatic carbocycles. The van der Waals surface area contributed by atoms with E-state index in [4.69, 9.17) is 5.11 Å². The lowest BCUT2D eigenvalue weighted by molar-refractivity contribution is 0.175. The summed E-state index contributed by atoms with van der Waals surface area (Å²) >= 11 is 1.65. The molecule has 0 amide bonds. The van der Waals surface area contributed by atoms with Gasteiger partial charge in [0.25, 0.3) is 0 Å². The number of aliphatic hydroxyl groups excluding tert-OH is 2. The highest BCUT2D eigenvalue weighted by atomic mass is 32.1. The Labute approximate surface area is 99.3 Å². The van der Waals surface area contributed by atoms with E-state index >= 15 is 0 Å². The lowest BCUT2D eigenvalue weighted by Gasteiger charge is -2.12. The molecule has 1 aromatic rings. The van der Waals surface area contributed by atoms with Gasteiger partial charge in [-0.3, -0.25) is 4.90 Å². The fraction of sp³-hybridized carbons (Fsp3) is 0.500. The highest BCUT2D eigenvalue weighted by molar-refractivity contribution is 7.12. The molecule has 2 rings (SSSR count). The number of rotatable bonds is 2. The fourth-order valence-corrected chi connectivity index (χ4v) is 2.76. The van der Waals surface area contributed by atoms with Gasteiger partial charge in [-0.2, -0.15) is 0 Å². The van der Waals surface area contributed by atoms with E-state index in [9.17, 15) is 5.11 Å². The van der Waals surface area contributed by atoms with Crippen molar-refractivity contribution in [2.45, 2.75) is 19.1 Å². The Balaban J connectivity index is 1.92. The number of nitrogens with zero attached hydrogens (tertiary/aromatic N) is 1. The Hall–Kier alpha value is -0.860. The monoisotopic (exact) mass is 237 g/mol. The number of likely N-dealkylation sites (tertiary alicyclic amines) is 1. The lowest BCUT2D eigenvalue weighted by atomic mass is 10.3. The van der Waals surface area contributed by atoms with Gasteiger partial charge in [-0.15, -0.1) is 11.3 Å². The van der Waals surface area contributed by atoms with Crippen molar-refractivity contribution < 1.29 is 10.2 Å². The summed E-state index contributed by atoms with van der Waals surface area (Å²) in [4.78, 5) is 4.50. The number of thiophene rings is 1. The molecule has 1 aromatic heterocycles. The fourth-order valence-electron chi connectivity index (χ4n) is 1.83. The average molecular weight is 237 g/mol. The average Bonchev–Trinajstić information content (AvgIpc) is 2.86. The van der Waals surface area contributed by atoms with Gasteiger partial charge in [-0.05, 0) is 18.6 Å². The molecule has 1 aliphatic heterocycles. The van der Waals surface area contributed by atoms with Crippen molar-refractivity contribution in [3.8, 4) is 11.8 Å². The molecule has 1 atom stereocenters. The Bertz CT molecular complexity index is 405. The molecule has 0 bridgehead atoms. The molecule has 1 saturated heterocycles. The van der Waals surface area contributed by atoms with Crippen molar-refractivity contribution in [2.75, 3.05) is 19.7 Å². The maximum Gasteiger partial charge on any atom is 0.104 e. The van der Waals surface area contributed by atoms with E-state index in [-0.39, 0.29) is 12.7 Å². The first kappa shape index (κ1) is 11.6. The van der Waals surface area contributed by atoms with E-state index in [1.165, 1.54) is 4.88 Å². The minimum absolute atomic E-state index is 0.0917. The summed E-state index contributed by atoms with van der Waals surface area (Å²) in [6, 6.07) is 4.05. The van der Waals surface area contributed by atoms with Crippen LogP contribution in [0.5, 0.6) is 0 Å². The zero-order chi connectivity index (χ0) is 11.4. The normalized spacial score (nSPS) is 20.8. The molecule has 16 heavy (non-hydrogen) atoms. The molecule has 1 unspecified atom stereocenters. The Morgan fingerprint density at radius 1 is 1.50 bits per heavy atom. The zero-order valence-corrected chi connectivity index (χ0v) is 9.83. The molecule has 0 radical (unpaired) electrons. The second-order valence-corrected chi connectivity index (χ2v) is 5.07. The molecule has 0 aliphatic carbocycles. The summed E-state index contributed by atoms with van der Waals surface area (Å²) in [6.07, 6.45) is 0.719. The summed E-state index contributed by atoms with van der Waals surface area (Å²) in [5, 5.41) is 18.0. The van der Waals surface area contributed by atoms with Crippen molar-refractivity contribution >= 4 is 11.3 Å². The van der Waals surface area contributed by atoms with E-state index in [0.717, 1.165) is 30.9 Å². The van der Waals surface area contributed by atoms with Gasteiger partial charge in [0.15, 0.2) is 0 Å². The van der Waals surface area contributed by atoms with Gasteiger partial charge in [0.2, 0.25) is 0 Å². The smallest absolute Gasteiger partial charge is 0.104 e. The van der Waals surface area contributed by atoms with E-state index in [1.54, 1.807) is 11.3 Å². The zero-order valence-electron chi connectivity index (χ0n) is 9.02. The Morgan fingerprint density at radius 2 is 2.38 bits per heavy atom. The molecule has 3 nitrogen and oxygen atoms in total. The Morgan fingerprint density at radius 3 is 3.06 bits per heavy atom. The largest absolute Gasteiger partial charge is 0.392 e. The first-order valence-electron chi connectivity index (χ1n) is 5.37. The van der Waals surface area contributed by atoms with Gasteiger partial charge < -0.3 is 10.2 Å². The van der Waals surface area contributed by atoms with Crippen LogP contribution in [0.2, 0.25) is 0 Å². The van der Waals surface area contributed by atoms with Crippen molar-refractivity contribution in [3.05, 3.63) is 21.9 Å². The van der Waals surface area contributed by atoms with Crippen LogP contribution in [0.4, 0.5) is 0 Å². The van der Waals surface area contributed by atoms with Gasteiger partial charge in [-0.25, -0.2) is 0 Å². The first-order chi connectivity index (χ1) is 7.78. The second-order valence-electron chi connectivity index (χ2n) is 3.90. The van der Waals surface area contributed by atoms with Crippen LogP contribution in [-0.4, -0.2) is 40.9 Å². The number of hydrogen-bond donors (Lipinski definition) is 2. The van der Waals surface area contributed by atoms with Crippen LogP contribution in [0.1, 0.15) is 16.2 Å². The predicted molar refractivity (Wildman–Crippen MR) is 64.2 cm³/mol. The van der Waals surface area contributed by atoms with Crippen LogP contribution in [0.3, 0.4) is 0 Å². The van der Waals surface area contributed by atoms with E-state index < -0.39 is 0 Å². The molecule has 0 saturated carbocycles. The molecule has 1 aliphatic rings. The minimum Gasteiger partial charge on any atom is -0.392 e. The Kier molecular flexibility index (Phi) is 3.97. The maximum absolute atomic E-state index is 9.41. The molecule has 0 spiro atoms. The third kappa shape index (κ3) is 3.06. The third-order valence-corrected chi connectivity index (χ3v) is 3.56. The van der Waals surface area contributed by atoms with Crippen molar-refractivity contribution in [1.29, 1.82) is 0 Å². The summed E-state index contributed by atoms with van der Waals surface area (Å²) in [5.74, 6) is 5.54. The number of hydrogen-bond acceptors (Lipinski definition) is 4. The SMILES string of the molecule is OCC#Cc1ccc(CN2CCC(O)C2)s1. The van der Waals surface area contributed by atoms with Crippen LogP contribution in [0.15, 0.2) is 12.1 Å². The quantitative estimate of drug-likeness (QED) is 0.743. The van der Waals surface area contributed by atoms with Crippen LogP contribution < -0.4 is 0 Å². The van der Waals surface area contributed by atoms with Crippen LogP contribution in [-0.2, 0) is 6.54 Å². The second kappa shape index (κ2) is 5.46. The van der Waals surface area contributed by atoms with E-state index in [0.29, 0.717) is 0 Å². The van der Waals surface area contributed by atoms with Gasteiger partial charge in [0, 0.05) is 24.5 Å². The molecule has 4 heteroatoms. The van der Waals surface area contributed by atoms with Gasteiger partial charge in [0.05, 0.1) is 11.0 Å². The van der Waals surface area contributed by atoms with Crippen molar-refractivity contribution in [1.82, 2.24) is 4.90 Å². The summed E-state index contributed by atoms with van der Waals surface area (Å²) < 4.78 is 0. The highest BCUT2D eigenvalue weighted by Gasteiger charge is 2.20. The topological polar surface area (TPSA) is 43.7 Å². The van der Waals surface area contributed by atoms with E-state index in [2.05, 4.69) is 22.8 Å². The van der Waals surface area contributed by atoms with Crippen LogP contribution in [0, 0.1) is 11.8 Å². The molecule has 2 heterocycles. The van der Waals surface area contributed by atoms with Crippen molar-refractivity contribution in [2.24, 2.45) is 0 Å². The molecule has 2 N–H and O–H groups in total. The number of β-amino-alcohol motifs (C(OH)–C–C–N with tert-alkyl or cyclic N) is 1. The van der Waals surface area contributed by atoms with Crippen LogP contribution in [0.25, 0.3) is 0 Å². The molecular formula is C12H15NO2S. The van der Waals surface area contributed by atoms with Gasteiger partial charge in [0.1, 0.15) is 6.61 Å². The van der Waals surface area contributed by atoms with E-state index in [1.807, 2.05) is 6.07 Å². The van der Waals surface area contributed by atoms with Crippen LogP contribution >= 0.6 is 11.3 Å². The first-order valence-corrected chi connectivity index (χ1v) is 6.18. The van der Waals surface area contributed by atoms with Gasteiger partial charge >= 0.3 is 0 Å². The third-order valence-electron chi connectivity index (χ3n) is 2.58. The minimum atomic E-state index is -0.159. The predicted octanol–water partition coefficient (Wildman–Crippen LogP) is 0.659.